The Labute approximate surface area is 37.2 Å². The quantitative estimate of drug-likeness (QED) is 0.276. The van der Waals surface area contributed by atoms with Crippen molar-refractivity contribution >= 4 is 0 Å². The molecule has 0 fully saturated rings. The van der Waals surface area contributed by atoms with Gasteiger partial charge < -0.3 is 10.1 Å². The van der Waals surface area contributed by atoms with E-state index in [1.54, 1.807) is 0 Å². The smallest absolute Gasteiger partial charge is 0 e. The van der Waals surface area contributed by atoms with E-state index in [-0.39, 0.29) is 21.1 Å². The maximum atomic E-state index is 8.00. The molecule has 4 heavy (non-hydrogen) atoms. The zero-order chi connectivity index (χ0) is 2.71. The average Bonchev–Trinajstić information content (AvgIpc) is 0.918. The van der Waals surface area contributed by atoms with Crippen LogP contribution >= 0.6 is 0 Å². The second-order valence-electron chi connectivity index (χ2n) is 0.0745. The molecule has 0 aliphatic heterocycles. The summed E-state index contributed by atoms with van der Waals surface area (Å²) in [4.78, 5) is 8.00. The molecule has 0 spiro atoms. The molecule has 0 aliphatic carbocycles. The van der Waals surface area contributed by atoms with E-state index in [1.165, 1.54) is 0 Å². The minimum atomic E-state index is 0. The van der Waals surface area contributed by atoms with Crippen LogP contribution in [0.2, 0.25) is 0 Å². The van der Waals surface area contributed by atoms with Crippen molar-refractivity contribution in [2.45, 2.75) is 0 Å². The van der Waals surface area contributed by atoms with Gasteiger partial charge in [0.2, 0.25) is 0 Å². The molecular formula is MoNO2-. The van der Waals surface area contributed by atoms with Gasteiger partial charge in [0.25, 0.3) is 0 Å². The summed E-state index contributed by atoms with van der Waals surface area (Å²) in [6, 6.07) is 0. The van der Waals surface area contributed by atoms with Crippen molar-refractivity contribution in [3.8, 4) is 0 Å². The van der Waals surface area contributed by atoms with Crippen molar-refractivity contribution in [3.05, 3.63) is 10.1 Å². The maximum absolute atomic E-state index is 8.00. The van der Waals surface area contributed by atoms with E-state index in [1.807, 2.05) is 0 Å². The molecule has 24 valence electrons. The van der Waals surface area contributed by atoms with E-state index in [9.17, 15) is 0 Å². The van der Waals surface area contributed by atoms with Crippen molar-refractivity contribution in [1.82, 2.24) is 0 Å². The Kier molecular flexibility index (Phi) is 25.4. The van der Waals surface area contributed by atoms with Crippen LogP contribution in [0.4, 0.5) is 0 Å². The van der Waals surface area contributed by atoms with Gasteiger partial charge in [-0.25, -0.2) is 0 Å². The van der Waals surface area contributed by atoms with E-state index in [0.717, 1.165) is 5.34 Å². The van der Waals surface area contributed by atoms with Crippen LogP contribution in [-0.2, 0) is 21.1 Å². The van der Waals surface area contributed by atoms with Crippen LogP contribution in [0.15, 0.2) is 5.34 Å². The van der Waals surface area contributed by atoms with Crippen molar-refractivity contribution in [2.24, 2.45) is 5.34 Å². The number of nitrogens with zero attached hydrogens (tertiary/aromatic N) is 1. The fourth-order valence-corrected chi connectivity index (χ4v) is 0. The van der Waals surface area contributed by atoms with Crippen LogP contribution in [-0.4, -0.2) is 0 Å². The summed E-state index contributed by atoms with van der Waals surface area (Å²) in [5.74, 6) is 0. The normalized spacial score (nSPS) is 3.00. The minimum absolute atomic E-state index is 0. The molecule has 0 atom stereocenters. The summed E-state index contributed by atoms with van der Waals surface area (Å²) >= 11 is 0. The molecule has 0 aromatic heterocycles. The molecule has 0 aromatic rings. The zero-order valence-corrected chi connectivity index (χ0v) is 3.68. The third-order valence-corrected chi connectivity index (χ3v) is 0. The molecule has 0 saturated carbocycles. The van der Waals surface area contributed by atoms with E-state index in [2.05, 4.69) is 0 Å². The zero-order valence-electron chi connectivity index (χ0n) is 1.67. The summed E-state index contributed by atoms with van der Waals surface area (Å²) < 4.78 is 0. The van der Waals surface area contributed by atoms with Crippen LogP contribution in [0.3, 0.4) is 0 Å². The summed E-state index contributed by atoms with van der Waals surface area (Å²) in [5.41, 5.74) is 0. The Bertz CT molecular complexity index is 13.5. The van der Waals surface area contributed by atoms with Gasteiger partial charge in [-0.2, -0.15) is 0 Å². The first kappa shape index (κ1) is 8.94. The molecule has 0 aliphatic rings. The third kappa shape index (κ3) is 317. The van der Waals surface area contributed by atoms with Gasteiger partial charge in [-0.15, -0.1) is 5.34 Å². The predicted octanol–water partition coefficient (Wildman–Crippen LogP) is 0.248. The maximum Gasteiger partial charge on any atom is 0 e. The molecular weight excluding hydrogens is 142 g/mol. The second kappa shape index (κ2) is 11.4. The molecule has 0 rings (SSSR count). The molecule has 0 aromatic carbocycles. The Morgan fingerprint density at radius 3 is 1.75 bits per heavy atom. The Morgan fingerprint density at radius 1 is 1.75 bits per heavy atom. The predicted molar refractivity (Wildman–Crippen MR) is 9.16 cm³/mol. The molecule has 3 nitrogen and oxygen atoms in total. The molecule has 0 N–H and O–H groups in total. The number of hydrogen-bond donors (Lipinski definition) is 0. The Morgan fingerprint density at radius 2 is 1.75 bits per heavy atom. The van der Waals surface area contributed by atoms with Gasteiger partial charge in [0, 0.05) is 21.1 Å². The monoisotopic (exact) mass is 144 g/mol. The molecule has 0 amide bonds. The van der Waals surface area contributed by atoms with Gasteiger partial charge in [-0.1, -0.05) is 0 Å². The first-order valence-electron chi connectivity index (χ1n) is 0.365. The van der Waals surface area contributed by atoms with Crippen LogP contribution < -0.4 is 0 Å². The fourth-order valence-electron chi connectivity index (χ4n) is 0. The van der Waals surface area contributed by atoms with Crippen molar-refractivity contribution in [2.75, 3.05) is 0 Å². The third-order valence-electron chi connectivity index (χ3n) is 0. The van der Waals surface area contributed by atoms with Crippen molar-refractivity contribution in [1.29, 1.82) is 0 Å². The minimum Gasteiger partial charge on any atom is -0.444 e. The van der Waals surface area contributed by atoms with Crippen LogP contribution in [0, 0.1) is 10.1 Å². The van der Waals surface area contributed by atoms with Gasteiger partial charge in [-0.05, 0) is 0 Å². The van der Waals surface area contributed by atoms with E-state index in [4.69, 9.17) is 10.1 Å². The first-order chi connectivity index (χ1) is 1.41. The van der Waals surface area contributed by atoms with Crippen LogP contribution in [0.1, 0.15) is 0 Å². The molecule has 0 bridgehead atoms. The fraction of sp³-hybridized carbons (Fsp3) is 0. The van der Waals surface area contributed by atoms with Crippen molar-refractivity contribution < 1.29 is 21.1 Å². The van der Waals surface area contributed by atoms with E-state index in [0.29, 0.717) is 0 Å². The van der Waals surface area contributed by atoms with Gasteiger partial charge in [0.05, 0.1) is 0 Å². The van der Waals surface area contributed by atoms with E-state index >= 15 is 0 Å². The number of rotatable bonds is 0. The molecule has 4 heteroatoms. The first-order valence-corrected chi connectivity index (χ1v) is 0.365. The van der Waals surface area contributed by atoms with Crippen LogP contribution in [0.5, 0.6) is 0 Å². The summed E-state index contributed by atoms with van der Waals surface area (Å²) in [7, 11) is 0. The molecule has 0 radical (unpaired) electrons. The van der Waals surface area contributed by atoms with Crippen LogP contribution in [0.25, 0.3) is 0 Å². The van der Waals surface area contributed by atoms with E-state index < -0.39 is 0 Å². The summed E-state index contributed by atoms with van der Waals surface area (Å²) in [6.45, 7) is 0. The van der Waals surface area contributed by atoms with Gasteiger partial charge in [0.15, 0.2) is 0 Å². The second-order valence-corrected chi connectivity index (χ2v) is 0.0745. The summed E-state index contributed by atoms with van der Waals surface area (Å²) in [5, 5.41) is 9.00. The molecule has 0 heterocycles. The van der Waals surface area contributed by atoms with Gasteiger partial charge in [-0.3, -0.25) is 0 Å². The van der Waals surface area contributed by atoms with Gasteiger partial charge in [0.1, 0.15) is 0 Å². The molecule has 0 unspecified atom stereocenters. The standard InChI is InChI=1S/Mo.HNO2/c;2-1-3/h;(H,2,3)/p-1. The average molecular weight is 142 g/mol. The topological polar surface area (TPSA) is 52.5 Å². The Balaban J connectivity index is 0. The van der Waals surface area contributed by atoms with Gasteiger partial charge >= 0.3 is 0 Å². The SMILES string of the molecule is O=N[O-].[Mo]. The number of hydrogen-bond acceptors (Lipinski definition) is 3. The Hall–Kier alpha value is 0.0883. The molecule has 0 saturated heterocycles. The summed E-state index contributed by atoms with van der Waals surface area (Å²) in [6.07, 6.45) is 0. The van der Waals surface area contributed by atoms with Crippen molar-refractivity contribution in [3.63, 3.8) is 0 Å². The largest absolute Gasteiger partial charge is 0.444 e.